The maximum atomic E-state index is 12.3. The fourth-order valence-electron chi connectivity index (χ4n) is 2.90. The first-order valence-electron chi connectivity index (χ1n) is 7.30. The topological polar surface area (TPSA) is 95.6 Å². The van der Waals surface area contributed by atoms with E-state index in [2.05, 4.69) is 9.97 Å². The fourth-order valence-corrected chi connectivity index (χ4v) is 3.73. The van der Waals surface area contributed by atoms with Crippen LogP contribution in [0.1, 0.15) is 12.1 Å². The van der Waals surface area contributed by atoms with Gasteiger partial charge in [-0.15, -0.1) is 0 Å². The van der Waals surface area contributed by atoms with E-state index in [-0.39, 0.29) is 23.3 Å². The Kier molecular flexibility index (Phi) is 4.05. The molecule has 124 valence electrons. The molecule has 2 aliphatic heterocycles. The SMILES string of the molecule is Cc1cc(=O)[nH]c(SCC(=O)N2CC[C@@]3(CN(C)C(=O)O3)C2)n1. The third-order valence-corrected chi connectivity index (χ3v) is 4.85. The Labute approximate surface area is 137 Å². The molecule has 23 heavy (non-hydrogen) atoms. The van der Waals surface area contributed by atoms with E-state index in [0.717, 1.165) is 0 Å². The molecule has 0 aliphatic carbocycles. The number of aromatic nitrogens is 2. The molecular formula is C14H18N4O4S. The molecule has 0 bridgehead atoms. The predicted molar refractivity (Wildman–Crippen MR) is 83.4 cm³/mol. The molecule has 8 nitrogen and oxygen atoms in total. The van der Waals surface area contributed by atoms with Crippen LogP contribution in [0.3, 0.4) is 0 Å². The predicted octanol–water partition coefficient (Wildman–Crippen LogP) is 0.224. The highest BCUT2D eigenvalue weighted by atomic mass is 32.2. The van der Waals surface area contributed by atoms with E-state index < -0.39 is 5.60 Å². The molecule has 3 rings (SSSR count). The second-order valence-corrected chi connectivity index (χ2v) is 6.92. The summed E-state index contributed by atoms with van der Waals surface area (Å²) in [4.78, 5) is 45.3. The summed E-state index contributed by atoms with van der Waals surface area (Å²) < 4.78 is 5.42. The summed E-state index contributed by atoms with van der Waals surface area (Å²) in [6.07, 6.45) is 0.314. The average molecular weight is 338 g/mol. The van der Waals surface area contributed by atoms with Gasteiger partial charge in [-0.3, -0.25) is 9.59 Å². The molecule has 0 aromatic carbocycles. The Hall–Kier alpha value is -2.03. The lowest BCUT2D eigenvalue weighted by Gasteiger charge is -2.21. The van der Waals surface area contributed by atoms with Crippen molar-refractivity contribution >= 4 is 23.8 Å². The number of carbonyl (C=O) groups excluding carboxylic acids is 2. The van der Waals surface area contributed by atoms with Crippen molar-refractivity contribution in [2.24, 2.45) is 0 Å². The van der Waals surface area contributed by atoms with Gasteiger partial charge in [-0.05, 0) is 6.92 Å². The number of amides is 2. The van der Waals surface area contributed by atoms with Gasteiger partial charge in [0.2, 0.25) is 5.91 Å². The minimum atomic E-state index is -0.567. The van der Waals surface area contributed by atoms with Crippen molar-refractivity contribution in [3.63, 3.8) is 0 Å². The maximum Gasteiger partial charge on any atom is 0.410 e. The minimum Gasteiger partial charge on any atom is -0.439 e. The molecule has 2 saturated heterocycles. The zero-order valence-corrected chi connectivity index (χ0v) is 13.8. The van der Waals surface area contributed by atoms with E-state index >= 15 is 0 Å². The van der Waals surface area contributed by atoms with Gasteiger partial charge in [-0.2, -0.15) is 0 Å². The third-order valence-electron chi connectivity index (χ3n) is 3.99. The Morgan fingerprint density at radius 2 is 2.26 bits per heavy atom. The molecular weight excluding hydrogens is 320 g/mol. The number of hydrogen-bond donors (Lipinski definition) is 1. The van der Waals surface area contributed by atoms with Crippen LogP contribution in [0.15, 0.2) is 16.0 Å². The number of likely N-dealkylation sites (N-methyl/N-ethyl adjacent to an activating group) is 1. The van der Waals surface area contributed by atoms with Gasteiger partial charge in [-0.1, -0.05) is 11.8 Å². The number of likely N-dealkylation sites (tertiary alicyclic amines) is 1. The third kappa shape index (κ3) is 3.34. The van der Waals surface area contributed by atoms with Gasteiger partial charge in [0.1, 0.15) is 0 Å². The van der Waals surface area contributed by atoms with Gasteiger partial charge >= 0.3 is 6.09 Å². The molecule has 2 aliphatic rings. The number of nitrogens with one attached hydrogen (secondary N) is 1. The van der Waals surface area contributed by atoms with Crippen molar-refractivity contribution in [2.45, 2.75) is 24.1 Å². The number of thioether (sulfide) groups is 1. The van der Waals surface area contributed by atoms with Crippen LogP contribution < -0.4 is 5.56 Å². The van der Waals surface area contributed by atoms with Crippen LogP contribution in [0.25, 0.3) is 0 Å². The maximum absolute atomic E-state index is 12.3. The Bertz CT molecular complexity index is 706. The molecule has 3 heterocycles. The Balaban J connectivity index is 1.57. The van der Waals surface area contributed by atoms with Crippen molar-refractivity contribution in [1.82, 2.24) is 19.8 Å². The molecule has 2 amide bonds. The lowest BCUT2D eigenvalue weighted by Crippen LogP contribution is -2.39. The quantitative estimate of drug-likeness (QED) is 0.626. The summed E-state index contributed by atoms with van der Waals surface area (Å²) >= 11 is 1.20. The zero-order valence-electron chi connectivity index (χ0n) is 13.0. The first-order chi connectivity index (χ1) is 10.9. The summed E-state index contributed by atoms with van der Waals surface area (Å²) in [5.74, 6) is 0.133. The number of aromatic amines is 1. The number of H-pyrrole nitrogens is 1. The minimum absolute atomic E-state index is 0.0540. The highest BCUT2D eigenvalue weighted by Crippen LogP contribution is 2.32. The summed E-state index contributed by atoms with van der Waals surface area (Å²) in [5.41, 5.74) is -0.180. The van der Waals surface area contributed by atoms with E-state index in [1.54, 1.807) is 18.9 Å². The molecule has 1 N–H and O–H groups in total. The summed E-state index contributed by atoms with van der Waals surface area (Å²) in [6.45, 7) is 3.23. The molecule has 1 atom stereocenters. The van der Waals surface area contributed by atoms with Gasteiger partial charge < -0.3 is 19.5 Å². The number of aryl methyl sites for hydroxylation is 1. The summed E-state index contributed by atoms with van der Waals surface area (Å²) in [7, 11) is 1.69. The number of carbonyl (C=O) groups is 2. The van der Waals surface area contributed by atoms with Crippen molar-refractivity contribution in [1.29, 1.82) is 0 Å². The van der Waals surface area contributed by atoms with Gasteiger partial charge in [0.15, 0.2) is 10.8 Å². The van der Waals surface area contributed by atoms with E-state index in [1.165, 1.54) is 22.7 Å². The number of hydrogen-bond acceptors (Lipinski definition) is 6. The van der Waals surface area contributed by atoms with Crippen molar-refractivity contribution in [3.8, 4) is 0 Å². The standard InChI is InChI=1S/C14H18N4O4S/c1-9-5-10(19)16-12(15-9)23-6-11(20)18-4-3-14(8-18)7-17(2)13(21)22-14/h5H,3-4,6-8H2,1-2H3,(H,15,16,19)/t14-/m1/s1. The van der Waals surface area contributed by atoms with E-state index in [0.29, 0.717) is 36.9 Å². The van der Waals surface area contributed by atoms with Crippen molar-refractivity contribution in [3.05, 3.63) is 22.1 Å². The summed E-state index contributed by atoms with van der Waals surface area (Å²) in [6, 6.07) is 1.40. The molecule has 2 fully saturated rings. The molecule has 1 aromatic rings. The first-order valence-corrected chi connectivity index (χ1v) is 8.28. The second kappa shape index (κ2) is 5.88. The van der Waals surface area contributed by atoms with Gasteiger partial charge in [-0.25, -0.2) is 9.78 Å². The van der Waals surface area contributed by atoms with Crippen LogP contribution in [0.4, 0.5) is 4.79 Å². The monoisotopic (exact) mass is 338 g/mol. The molecule has 0 saturated carbocycles. The van der Waals surface area contributed by atoms with E-state index in [1.807, 2.05) is 0 Å². The number of rotatable bonds is 3. The first kappa shape index (κ1) is 15.9. The number of ether oxygens (including phenoxy) is 1. The molecule has 0 unspecified atom stereocenters. The van der Waals surface area contributed by atoms with Crippen LogP contribution >= 0.6 is 11.8 Å². The highest BCUT2D eigenvalue weighted by molar-refractivity contribution is 7.99. The van der Waals surface area contributed by atoms with Crippen LogP contribution in [0, 0.1) is 6.92 Å². The smallest absolute Gasteiger partial charge is 0.410 e. The van der Waals surface area contributed by atoms with E-state index in [9.17, 15) is 14.4 Å². The van der Waals surface area contributed by atoms with Crippen LogP contribution in [0.5, 0.6) is 0 Å². The second-order valence-electron chi connectivity index (χ2n) is 5.95. The van der Waals surface area contributed by atoms with Crippen molar-refractivity contribution < 1.29 is 14.3 Å². The van der Waals surface area contributed by atoms with Crippen LogP contribution in [-0.2, 0) is 9.53 Å². The lowest BCUT2D eigenvalue weighted by molar-refractivity contribution is -0.128. The highest BCUT2D eigenvalue weighted by Gasteiger charge is 2.49. The number of nitrogens with zero attached hydrogens (tertiary/aromatic N) is 3. The average Bonchev–Trinajstić information content (AvgIpc) is 2.99. The van der Waals surface area contributed by atoms with E-state index in [4.69, 9.17) is 4.74 Å². The summed E-state index contributed by atoms with van der Waals surface area (Å²) in [5, 5.41) is 0.435. The molecule has 0 radical (unpaired) electrons. The fraction of sp³-hybridized carbons (Fsp3) is 0.571. The van der Waals surface area contributed by atoms with Crippen LogP contribution in [0.2, 0.25) is 0 Å². The van der Waals surface area contributed by atoms with Gasteiger partial charge in [0, 0.05) is 31.8 Å². The van der Waals surface area contributed by atoms with Gasteiger partial charge in [0.25, 0.3) is 5.56 Å². The largest absolute Gasteiger partial charge is 0.439 e. The zero-order chi connectivity index (χ0) is 16.6. The normalized spacial score (nSPS) is 23.7. The van der Waals surface area contributed by atoms with Crippen molar-refractivity contribution in [2.75, 3.05) is 32.4 Å². The molecule has 1 spiro atoms. The van der Waals surface area contributed by atoms with Gasteiger partial charge in [0.05, 0.1) is 18.8 Å². The Morgan fingerprint density at radius 1 is 1.48 bits per heavy atom. The molecule has 9 heteroatoms. The van der Waals surface area contributed by atoms with Crippen LogP contribution in [-0.4, -0.2) is 69.8 Å². The molecule has 1 aromatic heterocycles. The lowest BCUT2D eigenvalue weighted by atomic mass is 10.0. The Morgan fingerprint density at radius 3 is 2.91 bits per heavy atom.